The number of aliphatic hydroxyl groups is 2. The highest BCUT2D eigenvalue weighted by Gasteiger charge is 2.09. The van der Waals surface area contributed by atoms with Gasteiger partial charge in [0.05, 0.1) is 5.60 Å². The van der Waals surface area contributed by atoms with Crippen LogP contribution in [0.4, 0.5) is 0 Å². The van der Waals surface area contributed by atoms with Crippen LogP contribution in [0.25, 0.3) is 0 Å². The van der Waals surface area contributed by atoms with Crippen molar-refractivity contribution >= 4 is 0 Å². The van der Waals surface area contributed by atoms with E-state index in [1.807, 2.05) is 30.3 Å². The van der Waals surface area contributed by atoms with E-state index in [0.29, 0.717) is 12.8 Å². The number of rotatable bonds is 3. The van der Waals surface area contributed by atoms with Crippen LogP contribution in [-0.4, -0.2) is 21.9 Å². The standard InChI is InChI=1S/C14H18O2/c1-14(2,16)10-6-9-13(15)11-12-7-4-3-5-8-12/h3-5,7-8,13,15-16H,10-11H2,1-2H3. The van der Waals surface area contributed by atoms with Crippen LogP contribution < -0.4 is 0 Å². The molecule has 1 atom stereocenters. The number of hydrogen-bond donors (Lipinski definition) is 2. The van der Waals surface area contributed by atoms with Gasteiger partial charge >= 0.3 is 0 Å². The third-order valence-corrected chi connectivity index (χ3v) is 2.06. The fourth-order valence-corrected chi connectivity index (χ4v) is 1.27. The fourth-order valence-electron chi connectivity index (χ4n) is 1.27. The maximum absolute atomic E-state index is 9.64. The van der Waals surface area contributed by atoms with Crippen LogP contribution in [0.15, 0.2) is 30.3 Å². The predicted molar refractivity (Wildman–Crippen MR) is 64.8 cm³/mol. The van der Waals surface area contributed by atoms with Gasteiger partial charge in [-0.1, -0.05) is 42.2 Å². The number of aliphatic hydroxyl groups excluding tert-OH is 1. The lowest BCUT2D eigenvalue weighted by Crippen LogP contribution is -2.17. The van der Waals surface area contributed by atoms with Gasteiger partial charge in [-0.2, -0.15) is 0 Å². The van der Waals surface area contributed by atoms with Gasteiger partial charge in [-0.05, 0) is 19.4 Å². The van der Waals surface area contributed by atoms with E-state index in [1.165, 1.54) is 0 Å². The zero-order chi connectivity index (χ0) is 12.0. The summed E-state index contributed by atoms with van der Waals surface area (Å²) in [5.74, 6) is 5.53. The first kappa shape index (κ1) is 12.8. The fraction of sp³-hybridized carbons (Fsp3) is 0.429. The van der Waals surface area contributed by atoms with Gasteiger partial charge in [0.25, 0.3) is 0 Å². The molecule has 0 bridgehead atoms. The molecular formula is C14H18O2. The lowest BCUT2D eigenvalue weighted by molar-refractivity contribution is 0.0861. The first-order valence-electron chi connectivity index (χ1n) is 5.40. The molecule has 0 aromatic heterocycles. The van der Waals surface area contributed by atoms with Crippen molar-refractivity contribution in [3.8, 4) is 11.8 Å². The summed E-state index contributed by atoms with van der Waals surface area (Å²) in [6.45, 7) is 3.40. The van der Waals surface area contributed by atoms with E-state index >= 15 is 0 Å². The molecule has 86 valence electrons. The third kappa shape index (κ3) is 5.55. The molecule has 1 aromatic carbocycles. The summed E-state index contributed by atoms with van der Waals surface area (Å²) in [6.07, 6.45) is 0.239. The Bertz CT molecular complexity index is 365. The minimum Gasteiger partial charge on any atom is -0.389 e. The van der Waals surface area contributed by atoms with Gasteiger partial charge in [0.2, 0.25) is 0 Å². The molecular weight excluding hydrogens is 200 g/mol. The topological polar surface area (TPSA) is 40.5 Å². The zero-order valence-electron chi connectivity index (χ0n) is 9.77. The molecule has 0 saturated carbocycles. The summed E-state index contributed by atoms with van der Waals surface area (Å²) < 4.78 is 0. The van der Waals surface area contributed by atoms with E-state index < -0.39 is 11.7 Å². The molecule has 0 heterocycles. The van der Waals surface area contributed by atoms with Gasteiger partial charge in [0.15, 0.2) is 0 Å². The molecule has 0 aliphatic heterocycles. The van der Waals surface area contributed by atoms with Crippen LogP contribution in [0, 0.1) is 11.8 Å². The Morgan fingerprint density at radius 3 is 2.44 bits per heavy atom. The monoisotopic (exact) mass is 218 g/mol. The molecule has 0 amide bonds. The van der Waals surface area contributed by atoms with Crippen LogP contribution in [-0.2, 0) is 6.42 Å². The molecule has 1 unspecified atom stereocenters. The van der Waals surface area contributed by atoms with Crippen molar-refractivity contribution in [2.24, 2.45) is 0 Å². The second-order valence-electron chi connectivity index (χ2n) is 4.52. The minimum absolute atomic E-state index is 0.374. The molecule has 16 heavy (non-hydrogen) atoms. The molecule has 0 aliphatic carbocycles. The Morgan fingerprint density at radius 2 is 1.88 bits per heavy atom. The van der Waals surface area contributed by atoms with Crippen molar-refractivity contribution in [2.75, 3.05) is 0 Å². The van der Waals surface area contributed by atoms with Crippen molar-refractivity contribution in [2.45, 2.75) is 38.4 Å². The molecule has 0 fully saturated rings. The van der Waals surface area contributed by atoms with Gasteiger partial charge in [-0.25, -0.2) is 0 Å². The molecule has 1 rings (SSSR count). The van der Waals surface area contributed by atoms with E-state index in [0.717, 1.165) is 5.56 Å². The van der Waals surface area contributed by atoms with Crippen LogP contribution in [0.3, 0.4) is 0 Å². The smallest absolute Gasteiger partial charge is 0.118 e. The van der Waals surface area contributed by atoms with Crippen molar-refractivity contribution in [3.05, 3.63) is 35.9 Å². The summed E-state index contributed by atoms with van der Waals surface area (Å²) in [6, 6.07) is 9.73. The Labute approximate surface area is 96.9 Å². The van der Waals surface area contributed by atoms with Crippen LogP contribution in [0.5, 0.6) is 0 Å². The average molecular weight is 218 g/mol. The molecule has 2 N–H and O–H groups in total. The van der Waals surface area contributed by atoms with Gasteiger partial charge < -0.3 is 10.2 Å². The van der Waals surface area contributed by atoms with E-state index in [4.69, 9.17) is 0 Å². The quantitative estimate of drug-likeness (QED) is 0.759. The van der Waals surface area contributed by atoms with Gasteiger partial charge in [0, 0.05) is 12.8 Å². The highest BCUT2D eigenvalue weighted by molar-refractivity contribution is 5.18. The third-order valence-electron chi connectivity index (χ3n) is 2.06. The highest BCUT2D eigenvalue weighted by atomic mass is 16.3. The first-order chi connectivity index (χ1) is 7.47. The van der Waals surface area contributed by atoms with Gasteiger partial charge in [-0.3, -0.25) is 0 Å². The maximum atomic E-state index is 9.64. The Kier molecular flexibility index (Phi) is 4.54. The van der Waals surface area contributed by atoms with Crippen molar-refractivity contribution in [1.29, 1.82) is 0 Å². The molecule has 2 heteroatoms. The Hall–Kier alpha value is -1.30. The van der Waals surface area contributed by atoms with E-state index in [-0.39, 0.29) is 0 Å². The molecule has 0 spiro atoms. The average Bonchev–Trinajstić information content (AvgIpc) is 2.17. The normalized spacial score (nSPS) is 12.8. The van der Waals surface area contributed by atoms with Crippen molar-refractivity contribution < 1.29 is 10.2 Å². The Morgan fingerprint density at radius 1 is 1.25 bits per heavy atom. The van der Waals surface area contributed by atoms with Crippen LogP contribution in [0.2, 0.25) is 0 Å². The molecule has 2 nitrogen and oxygen atoms in total. The minimum atomic E-state index is -0.792. The zero-order valence-corrected chi connectivity index (χ0v) is 9.77. The van der Waals surface area contributed by atoms with Gasteiger partial charge in [-0.15, -0.1) is 0 Å². The summed E-state index contributed by atoms with van der Waals surface area (Å²) in [5.41, 5.74) is 0.270. The summed E-state index contributed by atoms with van der Waals surface area (Å²) >= 11 is 0. The summed E-state index contributed by atoms with van der Waals surface area (Å²) in [5, 5.41) is 19.1. The second kappa shape index (κ2) is 5.69. The lowest BCUT2D eigenvalue weighted by Gasteiger charge is -2.11. The molecule has 0 aliphatic rings. The highest BCUT2D eigenvalue weighted by Crippen LogP contribution is 2.06. The van der Waals surface area contributed by atoms with E-state index in [2.05, 4.69) is 11.8 Å². The van der Waals surface area contributed by atoms with Crippen LogP contribution in [0.1, 0.15) is 25.8 Å². The number of hydrogen-bond acceptors (Lipinski definition) is 2. The molecule has 0 radical (unpaired) electrons. The largest absolute Gasteiger partial charge is 0.389 e. The van der Waals surface area contributed by atoms with Crippen molar-refractivity contribution in [1.82, 2.24) is 0 Å². The summed E-state index contributed by atoms with van der Waals surface area (Å²) in [4.78, 5) is 0. The lowest BCUT2D eigenvalue weighted by atomic mass is 10.0. The Balaban J connectivity index is 2.45. The predicted octanol–water partition coefficient (Wildman–Crippen LogP) is 1.75. The second-order valence-corrected chi connectivity index (χ2v) is 4.52. The first-order valence-corrected chi connectivity index (χ1v) is 5.40. The molecule has 0 saturated heterocycles. The molecule has 1 aromatic rings. The van der Waals surface area contributed by atoms with Crippen molar-refractivity contribution in [3.63, 3.8) is 0 Å². The van der Waals surface area contributed by atoms with Gasteiger partial charge in [0.1, 0.15) is 6.10 Å². The van der Waals surface area contributed by atoms with E-state index in [9.17, 15) is 10.2 Å². The maximum Gasteiger partial charge on any atom is 0.118 e. The summed E-state index contributed by atoms with van der Waals surface area (Å²) in [7, 11) is 0. The SMILES string of the molecule is CC(C)(O)CC#CC(O)Cc1ccccc1. The van der Waals surface area contributed by atoms with E-state index in [1.54, 1.807) is 13.8 Å². The number of benzene rings is 1. The van der Waals surface area contributed by atoms with Crippen LogP contribution >= 0.6 is 0 Å².